The molecule has 14 heteroatoms. The molecular formula is C28H32BrF3N4O5S. The minimum absolute atomic E-state index is 0.149. The largest absolute Gasteiger partial charge is 0.394 e. The molecule has 0 spiro atoms. The summed E-state index contributed by atoms with van der Waals surface area (Å²) in [6.07, 6.45) is -1.34. The standard InChI is InChI=1S/C28H32BrF3N4O5S/c1-15-4-3-11-33-21(15)25(27(39)7-9-28(31,32)10-8-27)42-26-24(40-2)22(23(38)20(14-37)41-26)36-13-19(34-35-36)16-5-6-17(29)18(30)12-16/h3-6,11-13,20,22-26,37-39H,7-10,14H2,1-2H3/t20-,22+,23+,24-,25?,26+/m1/s1. The van der Waals surface area contributed by atoms with Crippen LogP contribution in [0.1, 0.15) is 48.2 Å². The van der Waals surface area contributed by atoms with Gasteiger partial charge in [-0.1, -0.05) is 17.3 Å². The van der Waals surface area contributed by atoms with Gasteiger partial charge in [-0.3, -0.25) is 4.98 Å². The number of nitrogens with zero attached hydrogens (tertiary/aromatic N) is 4. The normalized spacial score (nSPS) is 28.0. The van der Waals surface area contributed by atoms with E-state index in [2.05, 4.69) is 31.2 Å². The summed E-state index contributed by atoms with van der Waals surface area (Å²) in [5.74, 6) is -3.34. The van der Waals surface area contributed by atoms with Crippen molar-refractivity contribution in [1.82, 2.24) is 20.0 Å². The van der Waals surface area contributed by atoms with Crippen LogP contribution < -0.4 is 0 Å². The summed E-state index contributed by atoms with van der Waals surface area (Å²) >= 11 is 4.28. The van der Waals surface area contributed by atoms with Crippen LogP contribution in [-0.4, -0.2) is 84.3 Å². The van der Waals surface area contributed by atoms with Crippen molar-refractivity contribution in [1.29, 1.82) is 0 Å². The van der Waals surface area contributed by atoms with E-state index in [1.165, 1.54) is 17.9 Å². The molecule has 0 bridgehead atoms. The van der Waals surface area contributed by atoms with E-state index in [-0.39, 0.29) is 12.8 Å². The molecule has 3 heterocycles. The topological polar surface area (TPSA) is 123 Å². The number of aliphatic hydroxyl groups is 3. The van der Waals surface area contributed by atoms with Gasteiger partial charge >= 0.3 is 0 Å². The Morgan fingerprint density at radius 3 is 2.62 bits per heavy atom. The Hall–Kier alpha value is -2.07. The molecule has 2 aliphatic rings. The maximum atomic E-state index is 14.2. The fourth-order valence-corrected chi connectivity index (χ4v) is 7.61. The summed E-state index contributed by atoms with van der Waals surface area (Å²) in [4.78, 5) is 4.51. The number of alkyl halides is 2. The van der Waals surface area contributed by atoms with E-state index in [1.54, 1.807) is 30.6 Å². The van der Waals surface area contributed by atoms with Crippen LogP contribution in [0, 0.1) is 12.7 Å². The minimum Gasteiger partial charge on any atom is -0.394 e. The minimum atomic E-state index is -2.86. The fraction of sp³-hybridized carbons (Fsp3) is 0.536. The van der Waals surface area contributed by atoms with Crippen LogP contribution in [0.2, 0.25) is 0 Å². The summed E-state index contributed by atoms with van der Waals surface area (Å²) in [5.41, 5.74) is -0.320. The van der Waals surface area contributed by atoms with Gasteiger partial charge in [0.15, 0.2) is 0 Å². The second-order valence-corrected chi connectivity index (χ2v) is 12.9. The number of hydrogen-bond acceptors (Lipinski definition) is 9. The quantitative estimate of drug-likeness (QED) is 0.315. The lowest BCUT2D eigenvalue weighted by atomic mass is 9.79. The van der Waals surface area contributed by atoms with Gasteiger partial charge in [-0.25, -0.2) is 17.9 Å². The summed E-state index contributed by atoms with van der Waals surface area (Å²) < 4.78 is 56.1. The average Bonchev–Trinajstić information content (AvgIpc) is 3.45. The molecule has 5 rings (SSSR count). The first kappa shape index (κ1) is 31.4. The van der Waals surface area contributed by atoms with Crippen molar-refractivity contribution in [3.05, 3.63) is 64.3 Å². The lowest BCUT2D eigenvalue weighted by Gasteiger charge is -2.47. The molecule has 2 aromatic heterocycles. The van der Waals surface area contributed by atoms with Crippen LogP contribution in [0.5, 0.6) is 0 Å². The first-order chi connectivity index (χ1) is 20.0. The van der Waals surface area contributed by atoms with E-state index >= 15 is 0 Å². The van der Waals surface area contributed by atoms with E-state index in [0.29, 0.717) is 21.4 Å². The van der Waals surface area contributed by atoms with E-state index < -0.39 is 71.8 Å². The van der Waals surface area contributed by atoms with Gasteiger partial charge in [-0.15, -0.1) is 16.9 Å². The van der Waals surface area contributed by atoms with Gasteiger partial charge in [0.2, 0.25) is 5.92 Å². The van der Waals surface area contributed by atoms with Crippen molar-refractivity contribution in [2.75, 3.05) is 13.7 Å². The molecule has 3 N–H and O–H groups in total. The molecule has 1 unspecified atom stereocenters. The third-order valence-corrected chi connectivity index (χ3v) is 10.3. The number of benzene rings is 1. The Morgan fingerprint density at radius 2 is 1.98 bits per heavy atom. The number of halogens is 4. The van der Waals surface area contributed by atoms with Gasteiger partial charge in [0.25, 0.3) is 0 Å². The number of ether oxygens (including phenoxy) is 2. The van der Waals surface area contributed by atoms with Crippen LogP contribution >= 0.6 is 27.7 Å². The third-order valence-electron chi connectivity index (χ3n) is 8.03. The molecule has 0 amide bonds. The van der Waals surface area contributed by atoms with E-state index in [4.69, 9.17) is 9.47 Å². The molecule has 1 aromatic carbocycles. The lowest BCUT2D eigenvalue weighted by molar-refractivity contribution is -0.186. The van der Waals surface area contributed by atoms with Crippen molar-refractivity contribution in [2.24, 2.45) is 0 Å². The second kappa shape index (κ2) is 12.5. The Labute approximate surface area is 253 Å². The molecule has 0 radical (unpaired) electrons. The summed E-state index contributed by atoms with van der Waals surface area (Å²) in [6, 6.07) is 7.19. The Balaban J connectivity index is 1.50. The highest BCUT2D eigenvalue weighted by Gasteiger charge is 2.53. The molecule has 6 atom stereocenters. The van der Waals surface area contributed by atoms with Crippen LogP contribution in [0.15, 0.2) is 47.2 Å². The van der Waals surface area contributed by atoms with E-state index in [9.17, 15) is 28.5 Å². The lowest BCUT2D eigenvalue weighted by Crippen LogP contribution is -2.56. The van der Waals surface area contributed by atoms with Crippen molar-refractivity contribution in [3.8, 4) is 11.3 Å². The average molecular weight is 674 g/mol. The zero-order valence-corrected chi connectivity index (χ0v) is 25.3. The predicted octanol–water partition coefficient (Wildman–Crippen LogP) is 4.60. The third kappa shape index (κ3) is 6.26. The number of rotatable bonds is 8. The van der Waals surface area contributed by atoms with Gasteiger partial charge in [-0.05, 0) is 59.5 Å². The molecule has 42 heavy (non-hydrogen) atoms. The van der Waals surface area contributed by atoms with E-state index in [0.717, 1.165) is 17.3 Å². The monoisotopic (exact) mass is 672 g/mol. The second-order valence-electron chi connectivity index (χ2n) is 10.8. The molecule has 9 nitrogen and oxygen atoms in total. The molecule has 1 saturated carbocycles. The zero-order chi connectivity index (χ0) is 30.2. The zero-order valence-electron chi connectivity index (χ0n) is 22.9. The highest BCUT2D eigenvalue weighted by atomic mass is 79.9. The molecule has 1 saturated heterocycles. The van der Waals surface area contributed by atoms with Crippen LogP contribution in [0.25, 0.3) is 11.3 Å². The predicted molar refractivity (Wildman–Crippen MR) is 152 cm³/mol. The molecule has 228 valence electrons. The number of pyridine rings is 1. The Kier molecular flexibility index (Phi) is 9.33. The summed E-state index contributed by atoms with van der Waals surface area (Å²) in [6.45, 7) is 1.30. The SMILES string of the molecule is CO[C@@H]1[C@@H](n2cc(-c3ccc(Br)c(F)c3)nn2)[C@@H](O)[C@@H](CO)O[C@H]1SC(c1ncccc1C)C1(O)CCC(F)(F)CC1. The first-order valence-corrected chi connectivity index (χ1v) is 15.2. The van der Waals surface area contributed by atoms with Gasteiger partial charge < -0.3 is 24.8 Å². The number of aromatic nitrogens is 4. The highest BCUT2D eigenvalue weighted by Crippen LogP contribution is 2.53. The molecular weight excluding hydrogens is 641 g/mol. The maximum Gasteiger partial charge on any atom is 0.248 e. The van der Waals surface area contributed by atoms with Crippen molar-refractivity contribution >= 4 is 27.7 Å². The number of thioether (sulfide) groups is 1. The van der Waals surface area contributed by atoms with E-state index in [1.807, 2.05) is 13.0 Å². The summed E-state index contributed by atoms with van der Waals surface area (Å²) in [5, 5.41) is 40.7. The Bertz CT molecular complexity index is 1390. The summed E-state index contributed by atoms with van der Waals surface area (Å²) in [7, 11) is 1.43. The molecule has 2 fully saturated rings. The van der Waals surface area contributed by atoms with Gasteiger partial charge in [0.05, 0.1) is 33.8 Å². The Morgan fingerprint density at radius 1 is 1.24 bits per heavy atom. The smallest absolute Gasteiger partial charge is 0.248 e. The number of aliphatic hydroxyl groups excluding tert-OH is 2. The maximum absolute atomic E-state index is 14.2. The molecule has 1 aliphatic carbocycles. The first-order valence-electron chi connectivity index (χ1n) is 13.5. The molecule has 1 aliphatic heterocycles. The van der Waals surface area contributed by atoms with Gasteiger partial charge in [-0.2, -0.15) is 0 Å². The molecule has 3 aromatic rings. The number of aryl methyl sites for hydroxylation is 1. The van der Waals surface area contributed by atoms with Crippen LogP contribution in [0.4, 0.5) is 13.2 Å². The number of methoxy groups -OCH3 is 1. The fourth-order valence-electron chi connectivity index (χ4n) is 5.60. The van der Waals surface area contributed by atoms with Crippen molar-refractivity contribution < 1.29 is 38.0 Å². The van der Waals surface area contributed by atoms with Crippen LogP contribution in [0.3, 0.4) is 0 Å². The van der Waals surface area contributed by atoms with Gasteiger partial charge in [0, 0.05) is 31.7 Å². The van der Waals surface area contributed by atoms with Crippen LogP contribution in [-0.2, 0) is 9.47 Å². The van der Waals surface area contributed by atoms with Crippen molar-refractivity contribution in [3.63, 3.8) is 0 Å². The number of hydrogen-bond donors (Lipinski definition) is 3. The van der Waals surface area contributed by atoms with Crippen molar-refractivity contribution in [2.45, 2.75) is 79.2 Å². The highest BCUT2D eigenvalue weighted by molar-refractivity contribution is 9.10. The van der Waals surface area contributed by atoms with Gasteiger partial charge in [0.1, 0.15) is 41.3 Å².